The molecule has 1 atom stereocenters. The maximum Gasteiger partial charge on any atom is 0.253 e. The Labute approximate surface area is 163 Å². The minimum atomic E-state index is -0.179. The summed E-state index contributed by atoms with van der Waals surface area (Å²) in [5, 5.41) is 6.30. The molecule has 2 aromatic carbocycles. The molecule has 1 unspecified atom stereocenters. The zero-order valence-electron chi connectivity index (χ0n) is 15.5. The molecule has 0 aliphatic carbocycles. The van der Waals surface area contributed by atoms with Crippen LogP contribution in [0, 0.1) is 0 Å². The van der Waals surface area contributed by atoms with Gasteiger partial charge in [-0.25, -0.2) is 0 Å². The smallest absolute Gasteiger partial charge is 0.253 e. The average Bonchev–Trinajstić information content (AvgIpc) is 3.20. The first-order valence-electron chi connectivity index (χ1n) is 9.12. The summed E-state index contributed by atoms with van der Waals surface area (Å²) in [4.78, 5) is 16.7. The van der Waals surface area contributed by atoms with E-state index in [1.165, 1.54) is 5.56 Å². The van der Waals surface area contributed by atoms with E-state index < -0.39 is 0 Å². The van der Waals surface area contributed by atoms with Crippen LogP contribution in [-0.4, -0.2) is 17.7 Å². The summed E-state index contributed by atoms with van der Waals surface area (Å²) in [5.41, 5.74) is 3.41. The van der Waals surface area contributed by atoms with Crippen LogP contribution in [0.4, 0.5) is 5.69 Å². The number of ether oxygens (including phenoxy) is 2. The van der Waals surface area contributed by atoms with Crippen molar-refractivity contribution in [2.24, 2.45) is 0 Å². The van der Waals surface area contributed by atoms with Gasteiger partial charge in [-0.3, -0.25) is 9.78 Å². The van der Waals surface area contributed by atoms with Gasteiger partial charge in [-0.2, -0.15) is 0 Å². The summed E-state index contributed by atoms with van der Waals surface area (Å²) < 4.78 is 10.7. The average molecular weight is 375 g/mol. The van der Waals surface area contributed by atoms with Gasteiger partial charge in [-0.05, 0) is 36.2 Å². The highest BCUT2D eigenvalue weighted by atomic mass is 16.7. The predicted octanol–water partition coefficient (Wildman–Crippen LogP) is 3.91. The van der Waals surface area contributed by atoms with Crippen molar-refractivity contribution in [3.05, 3.63) is 83.7 Å². The fourth-order valence-electron chi connectivity index (χ4n) is 3.05. The Morgan fingerprint density at radius 3 is 2.75 bits per heavy atom. The summed E-state index contributed by atoms with van der Waals surface area (Å²) in [7, 11) is 0. The molecule has 0 saturated heterocycles. The minimum absolute atomic E-state index is 0.106. The lowest BCUT2D eigenvalue weighted by Crippen LogP contribution is -2.23. The Bertz CT molecular complexity index is 976. The van der Waals surface area contributed by atoms with E-state index in [9.17, 15) is 4.79 Å². The van der Waals surface area contributed by atoms with Gasteiger partial charge >= 0.3 is 0 Å². The number of fused-ring (bicyclic) bond motifs is 1. The first-order valence-corrected chi connectivity index (χ1v) is 9.12. The Balaban J connectivity index is 1.39. The molecule has 0 radical (unpaired) electrons. The van der Waals surface area contributed by atoms with Gasteiger partial charge < -0.3 is 20.1 Å². The van der Waals surface area contributed by atoms with Crippen molar-refractivity contribution in [2.75, 3.05) is 12.1 Å². The quantitative estimate of drug-likeness (QED) is 0.683. The number of anilines is 1. The van der Waals surface area contributed by atoms with Crippen LogP contribution in [0.3, 0.4) is 0 Å². The molecule has 0 bridgehead atoms. The van der Waals surface area contributed by atoms with Crippen LogP contribution in [0.25, 0.3) is 0 Å². The first kappa shape index (κ1) is 17.9. The zero-order chi connectivity index (χ0) is 19.3. The summed E-state index contributed by atoms with van der Waals surface area (Å²) in [6, 6.07) is 17.7. The summed E-state index contributed by atoms with van der Waals surface area (Å²) in [6.07, 6.45) is 3.28. The number of rotatable bonds is 6. The van der Waals surface area contributed by atoms with Crippen molar-refractivity contribution >= 4 is 11.6 Å². The molecule has 6 nitrogen and oxygen atoms in total. The molecule has 3 aromatic rings. The standard InChI is InChI=1S/C22H21N3O3/c1-15(17-5-3-2-4-6-17)25-19-10-18(12-23-13-19)22(26)24-11-16-7-8-20-21(9-16)28-14-27-20/h2-10,12-13,15,25H,11,14H2,1H3,(H,24,26). The van der Waals surface area contributed by atoms with E-state index >= 15 is 0 Å². The van der Waals surface area contributed by atoms with E-state index in [-0.39, 0.29) is 18.7 Å². The number of nitrogens with one attached hydrogen (secondary N) is 2. The number of nitrogens with zero attached hydrogens (tertiary/aromatic N) is 1. The van der Waals surface area contributed by atoms with E-state index in [1.807, 2.05) is 36.4 Å². The van der Waals surface area contributed by atoms with Gasteiger partial charge in [-0.15, -0.1) is 0 Å². The second-order valence-corrected chi connectivity index (χ2v) is 6.61. The summed E-state index contributed by atoms with van der Waals surface area (Å²) >= 11 is 0. The van der Waals surface area contributed by atoms with Gasteiger partial charge in [-0.1, -0.05) is 36.4 Å². The highest BCUT2D eigenvalue weighted by Crippen LogP contribution is 2.32. The minimum Gasteiger partial charge on any atom is -0.454 e. The van der Waals surface area contributed by atoms with Gasteiger partial charge in [0, 0.05) is 25.0 Å². The van der Waals surface area contributed by atoms with Crippen LogP contribution < -0.4 is 20.1 Å². The highest BCUT2D eigenvalue weighted by Gasteiger charge is 2.14. The van der Waals surface area contributed by atoms with Crippen LogP contribution in [0.1, 0.15) is 34.5 Å². The van der Waals surface area contributed by atoms with Crippen molar-refractivity contribution in [2.45, 2.75) is 19.5 Å². The fourth-order valence-corrected chi connectivity index (χ4v) is 3.05. The first-order chi connectivity index (χ1) is 13.7. The van der Waals surface area contributed by atoms with Crippen molar-refractivity contribution in [3.63, 3.8) is 0 Å². The van der Waals surface area contributed by atoms with E-state index in [1.54, 1.807) is 18.5 Å². The Kier molecular flexibility index (Phi) is 5.10. The third-order valence-corrected chi connectivity index (χ3v) is 4.57. The molecular formula is C22H21N3O3. The van der Waals surface area contributed by atoms with E-state index in [0.29, 0.717) is 17.9 Å². The maximum atomic E-state index is 12.5. The fraction of sp³-hybridized carbons (Fsp3) is 0.182. The summed E-state index contributed by atoms with van der Waals surface area (Å²) in [5.74, 6) is 1.25. The van der Waals surface area contributed by atoms with Crippen LogP contribution >= 0.6 is 0 Å². The lowest BCUT2D eigenvalue weighted by atomic mass is 10.1. The number of amides is 1. The van der Waals surface area contributed by atoms with Gasteiger partial charge in [0.1, 0.15) is 0 Å². The van der Waals surface area contributed by atoms with Gasteiger partial charge in [0.25, 0.3) is 5.91 Å². The number of carbonyl (C=O) groups is 1. The van der Waals surface area contributed by atoms with Gasteiger partial charge in [0.2, 0.25) is 6.79 Å². The molecule has 142 valence electrons. The molecule has 1 amide bonds. The molecule has 1 aliphatic rings. The van der Waals surface area contributed by atoms with E-state index in [0.717, 1.165) is 17.0 Å². The van der Waals surface area contributed by atoms with Crippen molar-refractivity contribution in [1.82, 2.24) is 10.3 Å². The number of aromatic nitrogens is 1. The van der Waals surface area contributed by atoms with Crippen LogP contribution in [0.2, 0.25) is 0 Å². The molecule has 4 rings (SSSR count). The molecule has 2 N–H and O–H groups in total. The Morgan fingerprint density at radius 1 is 1.07 bits per heavy atom. The number of hydrogen-bond acceptors (Lipinski definition) is 5. The van der Waals surface area contributed by atoms with Crippen LogP contribution in [0.5, 0.6) is 11.5 Å². The number of hydrogen-bond donors (Lipinski definition) is 2. The lowest BCUT2D eigenvalue weighted by Gasteiger charge is -2.16. The maximum absolute atomic E-state index is 12.5. The van der Waals surface area contributed by atoms with Gasteiger partial charge in [0.15, 0.2) is 11.5 Å². The normalized spacial score (nSPS) is 13.0. The van der Waals surface area contributed by atoms with Crippen LogP contribution in [-0.2, 0) is 6.54 Å². The number of pyridine rings is 1. The second-order valence-electron chi connectivity index (χ2n) is 6.61. The Hall–Kier alpha value is -3.54. The predicted molar refractivity (Wildman–Crippen MR) is 106 cm³/mol. The molecule has 6 heteroatoms. The molecule has 1 aliphatic heterocycles. The highest BCUT2D eigenvalue weighted by molar-refractivity contribution is 5.94. The van der Waals surface area contributed by atoms with E-state index in [4.69, 9.17) is 9.47 Å². The van der Waals surface area contributed by atoms with Crippen LogP contribution in [0.15, 0.2) is 67.0 Å². The molecule has 2 heterocycles. The van der Waals surface area contributed by atoms with Gasteiger partial charge in [0.05, 0.1) is 11.3 Å². The molecule has 0 saturated carbocycles. The molecule has 28 heavy (non-hydrogen) atoms. The topological polar surface area (TPSA) is 72.5 Å². The zero-order valence-corrected chi connectivity index (χ0v) is 15.5. The lowest BCUT2D eigenvalue weighted by molar-refractivity contribution is 0.0950. The van der Waals surface area contributed by atoms with Crippen molar-refractivity contribution < 1.29 is 14.3 Å². The number of carbonyl (C=O) groups excluding carboxylic acids is 1. The number of benzene rings is 2. The third kappa shape index (κ3) is 4.06. The second kappa shape index (κ2) is 8.00. The Morgan fingerprint density at radius 2 is 1.89 bits per heavy atom. The summed E-state index contributed by atoms with van der Waals surface area (Å²) in [6.45, 7) is 2.70. The monoisotopic (exact) mass is 375 g/mol. The molecule has 0 spiro atoms. The SMILES string of the molecule is CC(Nc1cncc(C(=O)NCc2ccc3c(c2)OCO3)c1)c1ccccc1. The van der Waals surface area contributed by atoms with Crippen molar-refractivity contribution in [3.8, 4) is 11.5 Å². The van der Waals surface area contributed by atoms with Crippen molar-refractivity contribution in [1.29, 1.82) is 0 Å². The van der Waals surface area contributed by atoms with E-state index in [2.05, 4.69) is 34.7 Å². The molecule has 1 aromatic heterocycles. The molecule has 0 fully saturated rings. The third-order valence-electron chi connectivity index (χ3n) is 4.57. The largest absolute Gasteiger partial charge is 0.454 e. The molecular weight excluding hydrogens is 354 g/mol.